The fourth-order valence-electron chi connectivity index (χ4n) is 2.06. The van der Waals surface area contributed by atoms with Crippen LogP contribution in [0.2, 0.25) is 0 Å². The molecule has 4 nitrogen and oxygen atoms in total. The zero-order chi connectivity index (χ0) is 15.0. The number of nitrogens with zero attached hydrogens (tertiary/aromatic N) is 1. The Bertz CT molecular complexity index is 437. The number of likely N-dealkylation sites (N-methyl/N-ethyl adjacent to an activating group) is 2. The molecule has 0 aliphatic rings. The second kappa shape index (κ2) is 8.97. The Kier molecular flexibility index (Phi) is 7.62. The fraction of sp³-hybridized carbons (Fsp3) is 0.533. The van der Waals surface area contributed by atoms with Crippen LogP contribution in [0, 0.1) is 0 Å². The summed E-state index contributed by atoms with van der Waals surface area (Å²) in [6.07, 6.45) is 0. The van der Waals surface area contributed by atoms with Crippen molar-refractivity contribution < 1.29 is 4.79 Å². The van der Waals surface area contributed by atoms with E-state index in [0.29, 0.717) is 13.1 Å². The summed E-state index contributed by atoms with van der Waals surface area (Å²) in [7, 11) is 0. The number of benzene rings is 1. The molecule has 0 aromatic heterocycles. The third-order valence-electron chi connectivity index (χ3n) is 3.04. The summed E-state index contributed by atoms with van der Waals surface area (Å²) in [5, 5.41) is 6.19. The number of rotatable bonds is 8. The highest BCUT2D eigenvalue weighted by molar-refractivity contribution is 9.10. The number of carbonyl (C=O) groups is 1. The summed E-state index contributed by atoms with van der Waals surface area (Å²) in [6.45, 7) is 9.68. The van der Waals surface area contributed by atoms with Gasteiger partial charge >= 0.3 is 0 Å². The van der Waals surface area contributed by atoms with Crippen LogP contribution in [0.15, 0.2) is 22.7 Å². The van der Waals surface area contributed by atoms with E-state index in [1.54, 1.807) is 0 Å². The van der Waals surface area contributed by atoms with E-state index in [-0.39, 0.29) is 5.91 Å². The van der Waals surface area contributed by atoms with E-state index in [0.717, 1.165) is 29.8 Å². The van der Waals surface area contributed by atoms with E-state index >= 15 is 0 Å². The monoisotopic (exact) mass is 341 g/mol. The number of nitrogens with one attached hydrogen (secondary N) is 2. The number of amides is 1. The van der Waals surface area contributed by atoms with Crippen LogP contribution < -0.4 is 15.5 Å². The second-order valence-electron chi connectivity index (χ2n) is 4.52. The minimum atomic E-state index is 0.0617. The highest BCUT2D eigenvalue weighted by Crippen LogP contribution is 2.24. The molecule has 0 fully saturated rings. The van der Waals surface area contributed by atoms with Gasteiger partial charge in [0.2, 0.25) is 5.91 Å². The molecule has 1 aromatic carbocycles. The summed E-state index contributed by atoms with van der Waals surface area (Å²) in [4.78, 5) is 13.9. The average Bonchev–Trinajstić information content (AvgIpc) is 2.43. The van der Waals surface area contributed by atoms with Crippen LogP contribution in [0.5, 0.6) is 0 Å². The molecule has 5 heteroatoms. The first-order valence-corrected chi connectivity index (χ1v) is 7.92. The van der Waals surface area contributed by atoms with Crippen molar-refractivity contribution in [2.45, 2.75) is 27.3 Å². The van der Waals surface area contributed by atoms with Gasteiger partial charge in [-0.05, 0) is 44.2 Å². The quantitative estimate of drug-likeness (QED) is 0.763. The van der Waals surface area contributed by atoms with Gasteiger partial charge in [0, 0.05) is 29.8 Å². The van der Waals surface area contributed by atoms with Crippen LogP contribution in [0.25, 0.3) is 0 Å². The Hall–Kier alpha value is -1.07. The number of anilines is 1. The van der Waals surface area contributed by atoms with E-state index in [9.17, 15) is 4.79 Å². The van der Waals surface area contributed by atoms with Crippen molar-refractivity contribution in [1.29, 1.82) is 0 Å². The number of carbonyl (C=O) groups excluding carboxylic acids is 1. The summed E-state index contributed by atoms with van der Waals surface area (Å²) in [6, 6.07) is 6.20. The van der Waals surface area contributed by atoms with Crippen LogP contribution >= 0.6 is 15.9 Å². The van der Waals surface area contributed by atoms with E-state index in [1.165, 1.54) is 5.56 Å². The smallest absolute Gasteiger partial charge is 0.239 e. The molecular formula is C15H24BrN3O. The zero-order valence-corrected chi connectivity index (χ0v) is 14.1. The maximum Gasteiger partial charge on any atom is 0.239 e. The van der Waals surface area contributed by atoms with Gasteiger partial charge in [-0.1, -0.05) is 22.9 Å². The third-order valence-corrected chi connectivity index (χ3v) is 3.53. The fourth-order valence-corrected chi connectivity index (χ4v) is 2.47. The molecule has 112 valence electrons. The molecule has 1 rings (SSSR count). The maximum absolute atomic E-state index is 11.8. The molecule has 0 bridgehead atoms. The van der Waals surface area contributed by atoms with Crippen molar-refractivity contribution in [3.8, 4) is 0 Å². The van der Waals surface area contributed by atoms with Crippen molar-refractivity contribution in [2.24, 2.45) is 0 Å². The Morgan fingerprint density at radius 2 is 2.00 bits per heavy atom. The predicted octanol–water partition coefficient (Wildman–Crippen LogP) is 2.52. The zero-order valence-electron chi connectivity index (χ0n) is 12.5. The first kappa shape index (κ1) is 17.0. The lowest BCUT2D eigenvalue weighted by molar-refractivity contribution is -0.119. The van der Waals surface area contributed by atoms with Gasteiger partial charge in [0.25, 0.3) is 0 Å². The highest BCUT2D eigenvalue weighted by atomic mass is 79.9. The van der Waals surface area contributed by atoms with Gasteiger partial charge in [0.1, 0.15) is 0 Å². The first-order chi connectivity index (χ1) is 9.62. The third kappa shape index (κ3) is 5.13. The standard InChI is InChI=1S/C15H24BrN3O/c1-4-17-10-12-9-13(16)7-8-14(12)19(6-3)11-15(20)18-5-2/h7-9,17H,4-6,10-11H2,1-3H3,(H,18,20). The van der Waals surface area contributed by atoms with Gasteiger partial charge in [0.05, 0.1) is 6.54 Å². The largest absolute Gasteiger partial charge is 0.362 e. The van der Waals surface area contributed by atoms with Gasteiger partial charge in [0.15, 0.2) is 0 Å². The van der Waals surface area contributed by atoms with Gasteiger partial charge in [-0.3, -0.25) is 4.79 Å². The molecule has 20 heavy (non-hydrogen) atoms. The van der Waals surface area contributed by atoms with Crippen molar-refractivity contribution in [3.63, 3.8) is 0 Å². The van der Waals surface area contributed by atoms with E-state index in [4.69, 9.17) is 0 Å². The van der Waals surface area contributed by atoms with Crippen LogP contribution in [0.4, 0.5) is 5.69 Å². The molecule has 0 saturated carbocycles. The van der Waals surface area contributed by atoms with E-state index in [1.807, 2.05) is 13.0 Å². The van der Waals surface area contributed by atoms with Gasteiger partial charge in [-0.2, -0.15) is 0 Å². The second-order valence-corrected chi connectivity index (χ2v) is 5.44. The number of hydrogen-bond donors (Lipinski definition) is 2. The normalized spacial score (nSPS) is 10.4. The van der Waals surface area contributed by atoms with E-state index in [2.05, 4.69) is 57.4 Å². The maximum atomic E-state index is 11.8. The molecule has 0 aliphatic heterocycles. The first-order valence-electron chi connectivity index (χ1n) is 7.13. The van der Waals surface area contributed by atoms with E-state index < -0.39 is 0 Å². The topological polar surface area (TPSA) is 44.4 Å². The SMILES string of the molecule is CCNCc1cc(Br)ccc1N(CC)CC(=O)NCC. The van der Waals surface area contributed by atoms with Gasteiger partial charge in [-0.15, -0.1) is 0 Å². The van der Waals surface area contributed by atoms with Crippen molar-refractivity contribution >= 4 is 27.5 Å². The minimum Gasteiger partial charge on any atom is -0.362 e. The molecule has 0 radical (unpaired) electrons. The van der Waals surface area contributed by atoms with Crippen LogP contribution in [0.1, 0.15) is 26.3 Å². The predicted molar refractivity (Wildman–Crippen MR) is 88.1 cm³/mol. The molecule has 0 saturated heterocycles. The summed E-state index contributed by atoms with van der Waals surface area (Å²) < 4.78 is 1.06. The molecule has 0 spiro atoms. The molecule has 0 aliphatic carbocycles. The Labute approximate surface area is 130 Å². The summed E-state index contributed by atoms with van der Waals surface area (Å²) in [5.41, 5.74) is 2.32. The lowest BCUT2D eigenvalue weighted by Gasteiger charge is -2.25. The van der Waals surface area contributed by atoms with Crippen LogP contribution in [0.3, 0.4) is 0 Å². The summed E-state index contributed by atoms with van der Waals surface area (Å²) in [5.74, 6) is 0.0617. The molecule has 0 atom stereocenters. The van der Waals surface area contributed by atoms with Crippen LogP contribution in [-0.4, -0.2) is 32.1 Å². The Morgan fingerprint density at radius 3 is 2.60 bits per heavy atom. The lowest BCUT2D eigenvalue weighted by Crippen LogP contribution is -2.37. The molecule has 0 unspecified atom stereocenters. The average molecular weight is 342 g/mol. The number of hydrogen-bond acceptors (Lipinski definition) is 3. The summed E-state index contributed by atoms with van der Waals surface area (Å²) >= 11 is 3.51. The lowest BCUT2D eigenvalue weighted by atomic mass is 10.1. The molecule has 1 amide bonds. The van der Waals surface area contributed by atoms with Crippen molar-refractivity contribution in [2.75, 3.05) is 31.1 Å². The van der Waals surface area contributed by atoms with Gasteiger partial charge < -0.3 is 15.5 Å². The minimum absolute atomic E-state index is 0.0617. The van der Waals surface area contributed by atoms with Crippen LogP contribution in [-0.2, 0) is 11.3 Å². The Balaban J connectivity index is 2.92. The number of halogens is 1. The van der Waals surface area contributed by atoms with Crippen molar-refractivity contribution in [1.82, 2.24) is 10.6 Å². The van der Waals surface area contributed by atoms with Gasteiger partial charge in [-0.25, -0.2) is 0 Å². The molecule has 0 heterocycles. The molecule has 1 aromatic rings. The highest BCUT2D eigenvalue weighted by Gasteiger charge is 2.13. The molecular weight excluding hydrogens is 318 g/mol. The molecule has 2 N–H and O–H groups in total. The van der Waals surface area contributed by atoms with Crippen molar-refractivity contribution in [3.05, 3.63) is 28.2 Å². The Morgan fingerprint density at radius 1 is 1.25 bits per heavy atom.